The predicted octanol–water partition coefficient (Wildman–Crippen LogP) is 1.34. The second-order valence-electron chi connectivity index (χ2n) is 4.46. The lowest BCUT2D eigenvalue weighted by molar-refractivity contribution is -0.140. The zero-order chi connectivity index (χ0) is 17.5. The van der Waals surface area contributed by atoms with E-state index < -0.39 is 18.7 Å². The molecule has 4 N–H and O–H groups in total. The van der Waals surface area contributed by atoms with Crippen LogP contribution < -0.4 is 11.1 Å². The number of guanidine groups is 1. The topological polar surface area (TPSA) is 118 Å². The average molecular weight is 334 g/mol. The SMILES string of the molecule is COC(=O)CCCC(=N)n1ccc(NC(N)=NCC(F)(F)F)n1. The van der Waals surface area contributed by atoms with Gasteiger partial charge < -0.3 is 15.8 Å². The van der Waals surface area contributed by atoms with Gasteiger partial charge in [-0.2, -0.15) is 13.2 Å². The predicted molar refractivity (Wildman–Crippen MR) is 77.4 cm³/mol. The zero-order valence-electron chi connectivity index (χ0n) is 12.4. The van der Waals surface area contributed by atoms with Crippen LogP contribution >= 0.6 is 0 Å². The molecule has 11 heteroatoms. The Labute approximate surface area is 130 Å². The fraction of sp³-hybridized carbons (Fsp3) is 0.500. The van der Waals surface area contributed by atoms with Gasteiger partial charge in [0, 0.05) is 25.1 Å². The minimum Gasteiger partial charge on any atom is -0.469 e. The number of nitrogens with zero attached hydrogens (tertiary/aromatic N) is 3. The van der Waals surface area contributed by atoms with Gasteiger partial charge in [-0.15, -0.1) is 5.10 Å². The highest BCUT2D eigenvalue weighted by atomic mass is 19.4. The zero-order valence-corrected chi connectivity index (χ0v) is 12.4. The third-order valence-electron chi connectivity index (χ3n) is 2.57. The number of esters is 1. The molecule has 0 saturated heterocycles. The van der Waals surface area contributed by atoms with E-state index in [-0.39, 0.29) is 30.5 Å². The van der Waals surface area contributed by atoms with Crippen molar-refractivity contribution in [2.24, 2.45) is 10.7 Å². The summed E-state index contributed by atoms with van der Waals surface area (Å²) in [6, 6.07) is 1.44. The summed E-state index contributed by atoms with van der Waals surface area (Å²) in [5.41, 5.74) is 5.31. The van der Waals surface area contributed by atoms with Crippen LogP contribution in [0.25, 0.3) is 0 Å². The van der Waals surface area contributed by atoms with Gasteiger partial charge in [0.05, 0.1) is 7.11 Å². The van der Waals surface area contributed by atoms with Crippen molar-refractivity contribution in [2.45, 2.75) is 25.4 Å². The first kappa shape index (κ1) is 18.5. The van der Waals surface area contributed by atoms with Crippen LogP contribution in [0.5, 0.6) is 0 Å². The summed E-state index contributed by atoms with van der Waals surface area (Å²) in [7, 11) is 1.28. The Morgan fingerprint density at radius 2 is 2.22 bits per heavy atom. The maximum atomic E-state index is 12.0. The fourth-order valence-electron chi connectivity index (χ4n) is 1.50. The monoisotopic (exact) mass is 334 g/mol. The molecule has 1 rings (SSSR count). The van der Waals surface area contributed by atoms with E-state index in [1.54, 1.807) is 0 Å². The molecule has 0 aromatic carbocycles. The number of ether oxygens (including phenoxy) is 1. The Hall–Kier alpha value is -2.59. The van der Waals surface area contributed by atoms with E-state index in [0.29, 0.717) is 6.42 Å². The number of methoxy groups -OCH3 is 1. The first-order chi connectivity index (χ1) is 10.7. The number of alkyl halides is 3. The number of hydrogen-bond acceptors (Lipinski definition) is 5. The van der Waals surface area contributed by atoms with Gasteiger partial charge >= 0.3 is 12.1 Å². The number of nitrogens with one attached hydrogen (secondary N) is 2. The molecule has 0 fully saturated rings. The molecular weight excluding hydrogens is 317 g/mol. The minimum atomic E-state index is -4.44. The normalized spacial score (nSPS) is 12.1. The molecule has 128 valence electrons. The molecule has 0 bridgehead atoms. The maximum Gasteiger partial charge on any atom is 0.408 e. The van der Waals surface area contributed by atoms with E-state index >= 15 is 0 Å². The Bertz CT molecular complexity index is 582. The average Bonchev–Trinajstić information content (AvgIpc) is 2.92. The van der Waals surface area contributed by atoms with E-state index in [9.17, 15) is 18.0 Å². The molecule has 23 heavy (non-hydrogen) atoms. The number of carbonyl (C=O) groups is 1. The Kier molecular flexibility index (Phi) is 6.54. The first-order valence-corrected chi connectivity index (χ1v) is 6.55. The highest BCUT2D eigenvalue weighted by Gasteiger charge is 2.26. The summed E-state index contributed by atoms with van der Waals surface area (Å²) >= 11 is 0. The van der Waals surface area contributed by atoms with Crippen molar-refractivity contribution in [1.82, 2.24) is 9.78 Å². The molecule has 0 atom stereocenters. The Morgan fingerprint density at radius 1 is 1.52 bits per heavy atom. The number of aliphatic imine (C=N–C) groups is 1. The first-order valence-electron chi connectivity index (χ1n) is 6.55. The smallest absolute Gasteiger partial charge is 0.408 e. The molecule has 0 radical (unpaired) electrons. The third-order valence-corrected chi connectivity index (χ3v) is 2.57. The highest BCUT2D eigenvalue weighted by molar-refractivity contribution is 5.91. The maximum absolute atomic E-state index is 12.0. The molecule has 0 aliphatic rings. The summed E-state index contributed by atoms with van der Waals surface area (Å²) in [6.07, 6.45) is -2.10. The molecule has 0 saturated carbocycles. The van der Waals surface area contributed by atoms with E-state index in [1.165, 1.54) is 24.1 Å². The number of carbonyl (C=O) groups excluding carboxylic acids is 1. The van der Waals surface area contributed by atoms with E-state index in [1.807, 2.05) is 0 Å². The van der Waals surface area contributed by atoms with Gasteiger partial charge in [0.25, 0.3) is 0 Å². The van der Waals surface area contributed by atoms with Crippen LogP contribution in [0.4, 0.5) is 19.0 Å². The van der Waals surface area contributed by atoms with E-state index in [4.69, 9.17) is 11.1 Å². The lowest BCUT2D eigenvalue weighted by atomic mass is 10.2. The molecule has 1 aromatic heterocycles. The van der Waals surface area contributed by atoms with Crippen molar-refractivity contribution >= 4 is 23.6 Å². The van der Waals surface area contributed by atoms with E-state index in [0.717, 1.165) is 0 Å². The molecule has 0 aliphatic carbocycles. The number of halogens is 3. The summed E-state index contributed by atoms with van der Waals surface area (Å²) in [5.74, 6) is -0.516. The van der Waals surface area contributed by atoms with Crippen LogP contribution in [0.1, 0.15) is 19.3 Å². The number of aromatic nitrogens is 2. The minimum absolute atomic E-state index is 0.118. The molecule has 0 unspecified atom stereocenters. The highest BCUT2D eigenvalue weighted by Crippen LogP contribution is 2.14. The van der Waals surface area contributed by atoms with Gasteiger partial charge in [-0.1, -0.05) is 0 Å². The Morgan fingerprint density at radius 3 is 2.83 bits per heavy atom. The lowest BCUT2D eigenvalue weighted by Gasteiger charge is -2.05. The van der Waals surface area contributed by atoms with Crippen molar-refractivity contribution in [3.63, 3.8) is 0 Å². The van der Waals surface area contributed by atoms with Gasteiger partial charge in [0.2, 0.25) is 0 Å². The van der Waals surface area contributed by atoms with Gasteiger partial charge in [-0.05, 0) is 6.42 Å². The van der Waals surface area contributed by atoms with Crippen molar-refractivity contribution in [3.05, 3.63) is 12.3 Å². The molecule has 0 aliphatic heterocycles. The summed E-state index contributed by atoms with van der Waals surface area (Å²) in [6.45, 7) is -1.39. The number of rotatable bonds is 6. The molecular formula is C12H17F3N6O2. The summed E-state index contributed by atoms with van der Waals surface area (Å²) < 4.78 is 41.7. The van der Waals surface area contributed by atoms with Crippen molar-refractivity contribution in [2.75, 3.05) is 19.0 Å². The molecule has 1 heterocycles. The van der Waals surface area contributed by atoms with Crippen LogP contribution in [-0.2, 0) is 9.53 Å². The van der Waals surface area contributed by atoms with Crippen LogP contribution in [0.15, 0.2) is 17.3 Å². The molecule has 0 spiro atoms. The number of anilines is 1. The van der Waals surface area contributed by atoms with E-state index in [2.05, 4.69) is 20.1 Å². The quantitative estimate of drug-likeness (QED) is 0.412. The van der Waals surface area contributed by atoms with Crippen LogP contribution in [-0.4, -0.2) is 47.4 Å². The van der Waals surface area contributed by atoms with Crippen molar-refractivity contribution in [3.8, 4) is 0 Å². The molecule has 8 nitrogen and oxygen atoms in total. The lowest BCUT2D eigenvalue weighted by Crippen LogP contribution is -2.26. The second kappa shape index (κ2) is 8.15. The van der Waals surface area contributed by atoms with Gasteiger partial charge in [-0.3, -0.25) is 10.2 Å². The number of hydrogen-bond donors (Lipinski definition) is 3. The van der Waals surface area contributed by atoms with Gasteiger partial charge in [-0.25, -0.2) is 9.67 Å². The number of nitrogens with two attached hydrogens (primary N) is 1. The molecule has 0 amide bonds. The molecule has 1 aromatic rings. The van der Waals surface area contributed by atoms with Crippen LogP contribution in [0.2, 0.25) is 0 Å². The standard InChI is InChI=1S/C12H17F3N6O2/c1-23-10(22)4-2-3-8(16)21-6-5-9(20-21)19-11(17)18-7-12(13,14)15/h5-6,16H,2-4,7H2,1H3,(H3,17,18,19,20). The largest absolute Gasteiger partial charge is 0.469 e. The van der Waals surface area contributed by atoms with Gasteiger partial charge in [0.1, 0.15) is 12.4 Å². The Balaban J connectivity index is 2.50. The summed E-state index contributed by atoms with van der Waals surface area (Å²) in [5, 5.41) is 14.1. The summed E-state index contributed by atoms with van der Waals surface area (Å²) in [4.78, 5) is 14.1. The second-order valence-corrected chi connectivity index (χ2v) is 4.46. The van der Waals surface area contributed by atoms with Crippen molar-refractivity contribution in [1.29, 1.82) is 5.41 Å². The third kappa shape index (κ3) is 7.29. The fourth-order valence-corrected chi connectivity index (χ4v) is 1.50. The van der Waals surface area contributed by atoms with Gasteiger partial charge in [0.15, 0.2) is 11.8 Å². The van der Waals surface area contributed by atoms with Crippen LogP contribution in [0.3, 0.4) is 0 Å². The van der Waals surface area contributed by atoms with Crippen molar-refractivity contribution < 1.29 is 22.7 Å². The van der Waals surface area contributed by atoms with Crippen LogP contribution in [0, 0.1) is 5.41 Å².